The first kappa shape index (κ1) is 32.0. The van der Waals surface area contributed by atoms with Gasteiger partial charge in [0.15, 0.2) is 0 Å². The van der Waals surface area contributed by atoms with Gasteiger partial charge in [0.2, 0.25) is 11.8 Å². The SMILES string of the molecule is CCCNC(=O)[C@H](C)N(CCc1ccccc1)C(=O)CN(c1ccccc1OCC)S(=O)(=O)c1ccc(SC)cc1. The second-order valence-corrected chi connectivity index (χ2v) is 12.1. The average molecular weight is 598 g/mol. The van der Waals surface area contributed by atoms with E-state index in [9.17, 15) is 18.0 Å². The van der Waals surface area contributed by atoms with Gasteiger partial charge < -0.3 is 15.0 Å². The van der Waals surface area contributed by atoms with Crippen LogP contribution in [0.25, 0.3) is 0 Å². The summed E-state index contributed by atoms with van der Waals surface area (Å²) < 4.78 is 35.0. The number of hydrogen-bond acceptors (Lipinski definition) is 6. The minimum Gasteiger partial charge on any atom is -0.492 e. The Kier molecular flexibility index (Phi) is 12.1. The molecule has 0 saturated heterocycles. The summed E-state index contributed by atoms with van der Waals surface area (Å²) in [5.41, 5.74) is 1.26. The van der Waals surface area contributed by atoms with Gasteiger partial charge in [-0.2, -0.15) is 0 Å². The van der Waals surface area contributed by atoms with E-state index in [0.29, 0.717) is 25.3 Å². The van der Waals surface area contributed by atoms with Crippen molar-refractivity contribution >= 4 is 39.3 Å². The number of nitrogens with zero attached hydrogens (tertiary/aromatic N) is 2. The number of anilines is 1. The lowest BCUT2D eigenvalue weighted by Gasteiger charge is -2.32. The van der Waals surface area contributed by atoms with E-state index in [1.165, 1.54) is 28.8 Å². The average Bonchev–Trinajstić information content (AvgIpc) is 2.99. The van der Waals surface area contributed by atoms with Crippen molar-refractivity contribution in [2.45, 2.75) is 49.4 Å². The summed E-state index contributed by atoms with van der Waals surface area (Å²) in [6, 6.07) is 22.2. The van der Waals surface area contributed by atoms with E-state index >= 15 is 0 Å². The second kappa shape index (κ2) is 15.5. The van der Waals surface area contributed by atoms with E-state index in [0.717, 1.165) is 21.2 Å². The van der Waals surface area contributed by atoms with Crippen LogP contribution in [0.3, 0.4) is 0 Å². The maximum atomic E-state index is 14.1. The zero-order chi connectivity index (χ0) is 29.8. The largest absolute Gasteiger partial charge is 0.492 e. The van der Waals surface area contributed by atoms with Gasteiger partial charge in [0.25, 0.3) is 10.0 Å². The maximum absolute atomic E-state index is 14.1. The van der Waals surface area contributed by atoms with Crippen LogP contribution in [0.4, 0.5) is 5.69 Å². The van der Waals surface area contributed by atoms with Crippen molar-refractivity contribution in [3.05, 3.63) is 84.4 Å². The smallest absolute Gasteiger partial charge is 0.264 e. The van der Waals surface area contributed by atoms with E-state index in [1.807, 2.05) is 50.4 Å². The van der Waals surface area contributed by atoms with Gasteiger partial charge in [-0.05, 0) is 74.9 Å². The van der Waals surface area contributed by atoms with Crippen LogP contribution in [0.2, 0.25) is 0 Å². The number of ether oxygens (including phenoxy) is 1. The summed E-state index contributed by atoms with van der Waals surface area (Å²) in [6.07, 6.45) is 3.18. The van der Waals surface area contributed by atoms with E-state index in [1.54, 1.807) is 43.3 Å². The van der Waals surface area contributed by atoms with Crippen molar-refractivity contribution < 1.29 is 22.7 Å². The molecule has 3 aromatic rings. The van der Waals surface area contributed by atoms with Crippen molar-refractivity contribution in [1.29, 1.82) is 0 Å². The van der Waals surface area contributed by atoms with E-state index in [4.69, 9.17) is 4.74 Å². The number of amides is 2. The number of sulfonamides is 1. The third-order valence-corrected chi connectivity index (χ3v) is 9.08. The molecular formula is C31H39N3O5S2. The van der Waals surface area contributed by atoms with Crippen LogP contribution in [0.15, 0.2) is 88.7 Å². The Hall–Kier alpha value is -3.50. The Morgan fingerprint density at radius 2 is 1.61 bits per heavy atom. The Balaban J connectivity index is 2.02. The summed E-state index contributed by atoms with van der Waals surface area (Å²) in [5, 5.41) is 2.86. The molecular weight excluding hydrogens is 558 g/mol. The molecule has 0 aliphatic rings. The maximum Gasteiger partial charge on any atom is 0.264 e. The highest BCUT2D eigenvalue weighted by molar-refractivity contribution is 7.98. The van der Waals surface area contributed by atoms with Gasteiger partial charge in [-0.25, -0.2) is 8.42 Å². The van der Waals surface area contributed by atoms with Crippen molar-refractivity contribution in [3.8, 4) is 5.75 Å². The zero-order valence-corrected chi connectivity index (χ0v) is 25.7. The molecule has 8 nitrogen and oxygen atoms in total. The molecule has 0 heterocycles. The molecule has 0 saturated carbocycles. The van der Waals surface area contributed by atoms with Crippen LogP contribution in [0.1, 0.15) is 32.8 Å². The highest BCUT2D eigenvalue weighted by Gasteiger charge is 2.33. The summed E-state index contributed by atoms with van der Waals surface area (Å²) in [7, 11) is -4.18. The van der Waals surface area contributed by atoms with Gasteiger partial charge >= 0.3 is 0 Å². The van der Waals surface area contributed by atoms with Gasteiger partial charge in [0.05, 0.1) is 17.2 Å². The number of para-hydroxylation sites is 2. The predicted molar refractivity (Wildman–Crippen MR) is 165 cm³/mol. The van der Waals surface area contributed by atoms with Gasteiger partial charge in [-0.3, -0.25) is 13.9 Å². The van der Waals surface area contributed by atoms with Crippen molar-refractivity contribution in [1.82, 2.24) is 10.2 Å². The zero-order valence-electron chi connectivity index (χ0n) is 24.1. The molecule has 10 heteroatoms. The summed E-state index contributed by atoms with van der Waals surface area (Å²) in [5.74, 6) is -0.433. The molecule has 3 rings (SSSR count). The fourth-order valence-corrected chi connectivity index (χ4v) is 6.13. The highest BCUT2D eigenvalue weighted by Crippen LogP contribution is 2.33. The molecule has 3 aromatic carbocycles. The molecule has 0 aliphatic heterocycles. The summed E-state index contributed by atoms with van der Waals surface area (Å²) in [4.78, 5) is 29.4. The summed E-state index contributed by atoms with van der Waals surface area (Å²) >= 11 is 1.50. The second-order valence-electron chi connectivity index (χ2n) is 9.38. The van der Waals surface area contributed by atoms with Crippen LogP contribution in [-0.4, -0.2) is 63.7 Å². The molecule has 0 radical (unpaired) electrons. The highest BCUT2D eigenvalue weighted by atomic mass is 32.2. The van der Waals surface area contributed by atoms with E-state index in [-0.39, 0.29) is 23.0 Å². The molecule has 0 fully saturated rings. The first-order chi connectivity index (χ1) is 19.7. The van der Waals surface area contributed by atoms with Crippen LogP contribution >= 0.6 is 11.8 Å². The number of thioether (sulfide) groups is 1. The molecule has 0 spiro atoms. The summed E-state index contributed by atoms with van der Waals surface area (Å²) in [6.45, 7) is 5.97. The predicted octanol–water partition coefficient (Wildman–Crippen LogP) is 4.99. The van der Waals surface area contributed by atoms with Crippen LogP contribution < -0.4 is 14.4 Å². The molecule has 0 aliphatic carbocycles. The molecule has 0 aromatic heterocycles. The number of rotatable bonds is 15. The normalized spacial score (nSPS) is 11.9. The standard InChI is InChI=1S/C31H39N3O5S2/c1-5-21-32-31(36)24(3)33(22-20-25-12-8-7-9-13-25)30(35)23-34(28-14-10-11-15-29(28)39-6-2)41(37,38)27-18-16-26(40-4)17-19-27/h7-19,24H,5-6,20-23H2,1-4H3,(H,32,36)/t24-/m0/s1. The van der Waals surface area contributed by atoms with E-state index < -0.39 is 28.5 Å². The van der Waals surface area contributed by atoms with Crippen LogP contribution in [-0.2, 0) is 26.0 Å². The van der Waals surface area contributed by atoms with Crippen LogP contribution in [0.5, 0.6) is 5.75 Å². The number of nitrogens with one attached hydrogen (secondary N) is 1. The first-order valence-electron chi connectivity index (χ1n) is 13.7. The molecule has 220 valence electrons. The molecule has 2 amide bonds. The Morgan fingerprint density at radius 1 is 0.951 bits per heavy atom. The quantitative estimate of drug-likeness (QED) is 0.248. The van der Waals surface area contributed by atoms with Crippen molar-refractivity contribution in [2.75, 3.05) is 36.8 Å². The lowest BCUT2D eigenvalue weighted by Crippen LogP contribution is -2.52. The van der Waals surface area contributed by atoms with Crippen molar-refractivity contribution in [2.24, 2.45) is 0 Å². The molecule has 1 N–H and O–H groups in total. The minimum absolute atomic E-state index is 0.0546. The Labute approximate surface area is 248 Å². The van der Waals surface area contributed by atoms with Gasteiger partial charge in [0.1, 0.15) is 18.3 Å². The lowest BCUT2D eigenvalue weighted by atomic mass is 10.1. The fraction of sp³-hybridized carbons (Fsp3) is 0.355. The third-order valence-electron chi connectivity index (χ3n) is 6.56. The van der Waals surface area contributed by atoms with Crippen molar-refractivity contribution in [3.63, 3.8) is 0 Å². The minimum atomic E-state index is -4.18. The topological polar surface area (TPSA) is 96.0 Å². The first-order valence-corrected chi connectivity index (χ1v) is 16.4. The third kappa shape index (κ3) is 8.50. The molecule has 41 heavy (non-hydrogen) atoms. The molecule has 0 unspecified atom stereocenters. The monoisotopic (exact) mass is 597 g/mol. The lowest BCUT2D eigenvalue weighted by molar-refractivity contribution is -0.138. The Morgan fingerprint density at radius 3 is 2.24 bits per heavy atom. The Bertz CT molecular complexity index is 1380. The number of benzene rings is 3. The van der Waals surface area contributed by atoms with Gasteiger partial charge in [0, 0.05) is 18.0 Å². The van der Waals surface area contributed by atoms with E-state index in [2.05, 4.69) is 5.32 Å². The fourth-order valence-electron chi connectivity index (χ4n) is 4.30. The van der Waals surface area contributed by atoms with Gasteiger partial charge in [-0.1, -0.05) is 49.4 Å². The molecule has 0 bridgehead atoms. The van der Waals surface area contributed by atoms with Crippen LogP contribution in [0, 0.1) is 0 Å². The van der Waals surface area contributed by atoms with Gasteiger partial charge in [-0.15, -0.1) is 11.8 Å². The molecule has 1 atom stereocenters. The number of hydrogen-bond donors (Lipinski definition) is 1. The number of carbonyl (C=O) groups excluding carboxylic acids is 2. The number of carbonyl (C=O) groups is 2.